The molecule has 0 amide bonds. The Morgan fingerprint density at radius 3 is 2.20 bits per heavy atom. The molecule has 0 bridgehead atoms. The topological polar surface area (TPSA) is 25.8 Å². The van der Waals surface area contributed by atoms with E-state index in [1.165, 1.54) is 27.1 Å². The van der Waals surface area contributed by atoms with Crippen LogP contribution in [-0.2, 0) is 0 Å². The highest BCUT2D eigenvalue weighted by Gasteiger charge is 2.14. The molecule has 2 heterocycles. The van der Waals surface area contributed by atoms with Crippen LogP contribution in [-0.4, -0.2) is 9.97 Å². The van der Waals surface area contributed by atoms with E-state index < -0.39 is 0 Å². The lowest BCUT2D eigenvalue weighted by molar-refractivity contribution is 1.29. The number of benzene rings is 4. The minimum Gasteiger partial charge on any atom is -0.255 e. The number of hydrogen-bond acceptors (Lipinski definition) is 2. The molecule has 0 aliphatic rings. The van der Waals surface area contributed by atoms with Gasteiger partial charge in [0.05, 0.1) is 16.9 Å². The number of nitrogens with zero attached hydrogens (tertiary/aromatic N) is 2. The van der Waals surface area contributed by atoms with E-state index in [0.717, 1.165) is 27.9 Å². The zero-order valence-electron chi connectivity index (χ0n) is 16.3. The van der Waals surface area contributed by atoms with Gasteiger partial charge in [-0.25, -0.2) is 4.98 Å². The van der Waals surface area contributed by atoms with E-state index >= 15 is 0 Å². The quantitative estimate of drug-likeness (QED) is 0.294. The molecule has 0 radical (unpaired) electrons. The van der Waals surface area contributed by atoms with E-state index in [0.29, 0.717) is 0 Å². The summed E-state index contributed by atoms with van der Waals surface area (Å²) in [5.74, 6) is 0. The Kier molecular flexibility index (Phi) is 3.82. The third kappa shape index (κ3) is 2.66. The summed E-state index contributed by atoms with van der Waals surface area (Å²) in [4.78, 5) is 9.76. The van der Waals surface area contributed by atoms with Gasteiger partial charge < -0.3 is 0 Å². The van der Waals surface area contributed by atoms with Crippen molar-refractivity contribution in [2.45, 2.75) is 0 Å². The third-order valence-corrected chi connectivity index (χ3v) is 5.70. The van der Waals surface area contributed by atoms with Gasteiger partial charge in [0.2, 0.25) is 0 Å². The van der Waals surface area contributed by atoms with Gasteiger partial charge in [-0.05, 0) is 40.1 Å². The van der Waals surface area contributed by atoms with E-state index in [-0.39, 0.29) is 0 Å². The predicted octanol–water partition coefficient (Wildman–Crippen LogP) is 7.27. The second-order valence-corrected chi connectivity index (χ2v) is 7.48. The molecule has 140 valence electrons. The fourth-order valence-electron chi connectivity index (χ4n) is 4.29. The summed E-state index contributed by atoms with van der Waals surface area (Å²) in [6, 6.07) is 35.9. The first-order valence-corrected chi connectivity index (χ1v) is 10.1. The molecule has 4 aromatic carbocycles. The average molecular weight is 382 g/mol. The van der Waals surface area contributed by atoms with Crippen molar-refractivity contribution in [3.8, 4) is 22.5 Å². The molecular formula is C28H18N2. The molecule has 0 aliphatic heterocycles. The van der Waals surface area contributed by atoms with Crippen LogP contribution in [0.5, 0.6) is 0 Å². The van der Waals surface area contributed by atoms with Crippen molar-refractivity contribution in [3.05, 3.63) is 109 Å². The van der Waals surface area contributed by atoms with E-state index in [4.69, 9.17) is 9.97 Å². The first kappa shape index (κ1) is 16.9. The van der Waals surface area contributed by atoms with Crippen molar-refractivity contribution in [2.75, 3.05) is 0 Å². The van der Waals surface area contributed by atoms with Gasteiger partial charge in [-0.2, -0.15) is 0 Å². The maximum atomic E-state index is 5.05. The number of para-hydroxylation sites is 1. The van der Waals surface area contributed by atoms with E-state index in [2.05, 4.69) is 91.0 Å². The summed E-state index contributed by atoms with van der Waals surface area (Å²) in [5.41, 5.74) is 5.12. The molecule has 0 atom stereocenters. The van der Waals surface area contributed by atoms with E-state index in [1.54, 1.807) is 0 Å². The fraction of sp³-hybridized carbons (Fsp3) is 0. The molecule has 2 nitrogen and oxygen atoms in total. The minimum atomic E-state index is 0.891. The lowest BCUT2D eigenvalue weighted by Crippen LogP contribution is -1.93. The van der Waals surface area contributed by atoms with Crippen molar-refractivity contribution in [1.29, 1.82) is 0 Å². The molecule has 6 aromatic rings. The second-order valence-electron chi connectivity index (χ2n) is 7.48. The zero-order chi connectivity index (χ0) is 19.9. The van der Waals surface area contributed by atoms with Crippen molar-refractivity contribution in [1.82, 2.24) is 9.97 Å². The first-order valence-electron chi connectivity index (χ1n) is 10.1. The number of rotatable bonds is 2. The van der Waals surface area contributed by atoms with Gasteiger partial charge >= 0.3 is 0 Å². The monoisotopic (exact) mass is 382 g/mol. The van der Waals surface area contributed by atoms with Gasteiger partial charge in [0.25, 0.3) is 0 Å². The average Bonchev–Trinajstić information content (AvgIpc) is 2.84. The highest BCUT2D eigenvalue weighted by atomic mass is 14.8. The fourth-order valence-corrected chi connectivity index (χ4v) is 4.29. The summed E-state index contributed by atoms with van der Waals surface area (Å²) >= 11 is 0. The predicted molar refractivity (Wildman–Crippen MR) is 125 cm³/mol. The third-order valence-electron chi connectivity index (χ3n) is 5.70. The van der Waals surface area contributed by atoms with Gasteiger partial charge in [0.1, 0.15) is 0 Å². The first-order chi connectivity index (χ1) is 14.9. The van der Waals surface area contributed by atoms with Crippen molar-refractivity contribution < 1.29 is 0 Å². The molecule has 0 spiro atoms. The smallest absolute Gasteiger partial charge is 0.0972 e. The Morgan fingerprint density at radius 1 is 0.533 bits per heavy atom. The van der Waals surface area contributed by atoms with Crippen LogP contribution in [0.3, 0.4) is 0 Å². The maximum Gasteiger partial charge on any atom is 0.0972 e. The number of pyridine rings is 2. The molecule has 0 aliphatic carbocycles. The van der Waals surface area contributed by atoms with Crippen LogP contribution in [0, 0.1) is 0 Å². The normalized spacial score (nSPS) is 11.3. The lowest BCUT2D eigenvalue weighted by atomic mass is 9.96. The molecule has 0 fully saturated rings. The Labute approximate surface area is 174 Å². The minimum absolute atomic E-state index is 0.891. The van der Waals surface area contributed by atoms with E-state index in [9.17, 15) is 0 Å². The molecule has 0 unspecified atom stereocenters. The molecule has 0 N–H and O–H groups in total. The molecule has 30 heavy (non-hydrogen) atoms. The summed E-state index contributed by atoms with van der Waals surface area (Å²) < 4.78 is 0. The molecule has 0 saturated carbocycles. The molecule has 0 saturated heterocycles. The SMILES string of the molecule is c1ccc(-c2ccnc(-c3nc4ccccc4c4c3ccc3ccccc34)c2)cc1. The molecule has 2 aromatic heterocycles. The van der Waals surface area contributed by atoms with Crippen molar-refractivity contribution in [2.24, 2.45) is 0 Å². The maximum absolute atomic E-state index is 5.05. The van der Waals surface area contributed by atoms with Gasteiger partial charge in [-0.15, -0.1) is 0 Å². The number of fused-ring (bicyclic) bond motifs is 5. The van der Waals surface area contributed by atoms with Gasteiger partial charge in [-0.1, -0.05) is 84.9 Å². The summed E-state index contributed by atoms with van der Waals surface area (Å²) in [5, 5.41) is 6.02. The second kappa shape index (κ2) is 6.78. The highest BCUT2D eigenvalue weighted by molar-refractivity contribution is 6.22. The van der Waals surface area contributed by atoms with Gasteiger partial charge in [-0.3, -0.25) is 4.98 Å². The largest absolute Gasteiger partial charge is 0.255 e. The summed E-state index contributed by atoms with van der Waals surface area (Å²) in [6.45, 7) is 0. The van der Waals surface area contributed by atoms with Gasteiger partial charge in [0, 0.05) is 22.4 Å². The van der Waals surface area contributed by atoms with Crippen LogP contribution in [0.4, 0.5) is 0 Å². The molecule has 6 rings (SSSR count). The van der Waals surface area contributed by atoms with Crippen LogP contribution in [0.15, 0.2) is 109 Å². The molecule has 2 heteroatoms. The lowest BCUT2D eigenvalue weighted by Gasteiger charge is -2.13. The van der Waals surface area contributed by atoms with Crippen LogP contribution in [0.25, 0.3) is 55.0 Å². The summed E-state index contributed by atoms with van der Waals surface area (Å²) in [7, 11) is 0. The van der Waals surface area contributed by atoms with Gasteiger partial charge in [0.15, 0.2) is 0 Å². The van der Waals surface area contributed by atoms with Crippen molar-refractivity contribution in [3.63, 3.8) is 0 Å². The Hall–Kier alpha value is -4.04. The Bertz CT molecular complexity index is 1520. The number of hydrogen-bond donors (Lipinski definition) is 0. The van der Waals surface area contributed by atoms with Crippen LogP contribution in [0.1, 0.15) is 0 Å². The van der Waals surface area contributed by atoms with Crippen LogP contribution in [0.2, 0.25) is 0 Å². The van der Waals surface area contributed by atoms with E-state index in [1.807, 2.05) is 18.3 Å². The molecular weight excluding hydrogens is 364 g/mol. The Morgan fingerprint density at radius 2 is 1.30 bits per heavy atom. The number of aromatic nitrogens is 2. The Balaban J connectivity index is 1.71. The summed E-state index contributed by atoms with van der Waals surface area (Å²) in [6.07, 6.45) is 1.88. The van der Waals surface area contributed by atoms with Crippen LogP contribution >= 0.6 is 0 Å². The van der Waals surface area contributed by atoms with Crippen molar-refractivity contribution >= 4 is 32.4 Å². The highest BCUT2D eigenvalue weighted by Crippen LogP contribution is 2.37. The van der Waals surface area contributed by atoms with Crippen LogP contribution < -0.4 is 0 Å². The standard InChI is InChI=1S/C28H18N2/c1-2-8-19(9-3-1)21-16-17-29-26(18-21)28-24-15-14-20-10-4-5-11-22(20)27(24)23-12-6-7-13-25(23)30-28/h1-18H. The zero-order valence-corrected chi connectivity index (χ0v) is 16.3.